The molecule has 1 aromatic rings. The third kappa shape index (κ3) is 6.30. The lowest BCUT2D eigenvalue weighted by atomic mass is 10.3. The number of hydrogen-bond acceptors (Lipinski definition) is 6. The summed E-state index contributed by atoms with van der Waals surface area (Å²) in [5.74, 6) is -0.551. The maximum absolute atomic E-state index is 12.3. The van der Waals surface area contributed by atoms with Gasteiger partial charge in [-0.15, -0.1) is 11.3 Å². The lowest BCUT2D eigenvalue weighted by Crippen LogP contribution is -2.42. The van der Waals surface area contributed by atoms with Crippen LogP contribution in [0.15, 0.2) is 11.4 Å². The molecule has 1 aliphatic heterocycles. The van der Waals surface area contributed by atoms with Crippen LogP contribution in [0.1, 0.15) is 30.6 Å². The summed E-state index contributed by atoms with van der Waals surface area (Å²) < 4.78 is 0. The van der Waals surface area contributed by atoms with Crippen molar-refractivity contribution in [1.29, 1.82) is 0 Å². The van der Waals surface area contributed by atoms with Crippen molar-refractivity contribution in [3.63, 3.8) is 0 Å². The number of carbonyl (C=O) groups excluding carboxylic acids is 3. The zero-order valence-corrected chi connectivity index (χ0v) is 16.9. The third-order valence-corrected chi connectivity index (χ3v) is 5.54. The van der Waals surface area contributed by atoms with E-state index >= 15 is 0 Å². The minimum Gasteiger partial charge on any atom is -0.366 e. The zero-order chi connectivity index (χ0) is 19.8. The summed E-state index contributed by atoms with van der Waals surface area (Å²) in [5.41, 5.74) is 5.64. The second kappa shape index (κ2) is 10.4. The first-order chi connectivity index (χ1) is 12.9. The fourth-order valence-corrected chi connectivity index (χ4v) is 3.99. The van der Waals surface area contributed by atoms with Gasteiger partial charge in [0.15, 0.2) is 0 Å². The number of thiophene rings is 1. The van der Waals surface area contributed by atoms with Gasteiger partial charge in [-0.3, -0.25) is 24.2 Å². The Morgan fingerprint density at radius 3 is 2.33 bits per heavy atom. The summed E-state index contributed by atoms with van der Waals surface area (Å²) in [6, 6.07) is 1.61. The average Bonchev–Trinajstić information content (AvgIpc) is 2.97. The Morgan fingerprint density at radius 1 is 1.11 bits per heavy atom. The van der Waals surface area contributed by atoms with Gasteiger partial charge in [0, 0.05) is 26.2 Å². The number of anilines is 1. The highest BCUT2D eigenvalue weighted by Gasteiger charge is 2.21. The predicted molar refractivity (Wildman–Crippen MR) is 107 cm³/mol. The predicted octanol–water partition coefficient (Wildman–Crippen LogP) is 0.662. The van der Waals surface area contributed by atoms with E-state index in [1.54, 1.807) is 11.4 Å². The van der Waals surface area contributed by atoms with Crippen molar-refractivity contribution < 1.29 is 14.4 Å². The molecule has 1 fully saturated rings. The highest BCUT2D eigenvalue weighted by molar-refractivity contribution is 7.14. The van der Waals surface area contributed by atoms with Crippen molar-refractivity contribution in [1.82, 2.24) is 14.7 Å². The van der Waals surface area contributed by atoms with Crippen molar-refractivity contribution in [3.8, 4) is 0 Å². The van der Waals surface area contributed by atoms with Gasteiger partial charge in [0.05, 0.1) is 18.7 Å². The van der Waals surface area contributed by atoms with Crippen LogP contribution in [0.25, 0.3) is 0 Å². The molecule has 0 unspecified atom stereocenters. The first-order valence-corrected chi connectivity index (χ1v) is 10.2. The van der Waals surface area contributed by atoms with Gasteiger partial charge in [-0.2, -0.15) is 0 Å². The molecule has 0 atom stereocenters. The van der Waals surface area contributed by atoms with Crippen LogP contribution in [0.5, 0.6) is 0 Å². The second-order valence-electron chi connectivity index (χ2n) is 6.55. The fourth-order valence-electron chi connectivity index (χ4n) is 3.18. The van der Waals surface area contributed by atoms with Crippen LogP contribution in [0.4, 0.5) is 5.00 Å². The van der Waals surface area contributed by atoms with E-state index in [4.69, 9.17) is 5.73 Å². The van der Waals surface area contributed by atoms with Gasteiger partial charge >= 0.3 is 0 Å². The molecule has 2 heterocycles. The van der Waals surface area contributed by atoms with E-state index in [2.05, 4.69) is 15.1 Å². The second-order valence-corrected chi connectivity index (χ2v) is 7.46. The van der Waals surface area contributed by atoms with Gasteiger partial charge < -0.3 is 16.0 Å². The summed E-state index contributed by atoms with van der Waals surface area (Å²) in [4.78, 5) is 42.0. The van der Waals surface area contributed by atoms with Crippen molar-refractivity contribution in [3.05, 3.63) is 17.0 Å². The molecule has 3 amide bonds. The maximum Gasteiger partial charge on any atom is 0.251 e. The molecule has 1 saturated heterocycles. The van der Waals surface area contributed by atoms with Gasteiger partial charge in [-0.1, -0.05) is 0 Å². The summed E-state index contributed by atoms with van der Waals surface area (Å²) in [7, 11) is 0. The van der Waals surface area contributed by atoms with Crippen molar-refractivity contribution >= 4 is 34.1 Å². The quantitative estimate of drug-likeness (QED) is 0.674. The maximum atomic E-state index is 12.3. The molecule has 150 valence electrons. The first-order valence-electron chi connectivity index (χ1n) is 9.34. The van der Waals surface area contributed by atoms with E-state index in [9.17, 15) is 14.4 Å². The van der Waals surface area contributed by atoms with E-state index in [0.717, 1.165) is 45.7 Å². The van der Waals surface area contributed by atoms with E-state index < -0.39 is 5.91 Å². The number of amides is 3. The van der Waals surface area contributed by atoms with Crippen LogP contribution in [0.2, 0.25) is 0 Å². The highest BCUT2D eigenvalue weighted by atomic mass is 32.1. The Balaban J connectivity index is 1.82. The van der Waals surface area contributed by atoms with Crippen LogP contribution >= 0.6 is 11.3 Å². The molecule has 0 radical (unpaired) electrons. The molecule has 3 N–H and O–H groups in total. The SMILES string of the molecule is CCN(CC)C(=O)CN1CCCN(CC(=O)Nc2sccc2C(N)=O)CC1. The number of primary amides is 1. The lowest BCUT2D eigenvalue weighted by molar-refractivity contribution is -0.132. The molecule has 0 bridgehead atoms. The van der Waals surface area contributed by atoms with Crippen LogP contribution in [-0.2, 0) is 9.59 Å². The lowest BCUT2D eigenvalue weighted by Gasteiger charge is -2.25. The molecule has 1 aromatic heterocycles. The summed E-state index contributed by atoms with van der Waals surface area (Å²) in [6.45, 7) is 9.25. The van der Waals surface area contributed by atoms with Gasteiger partial charge in [-0.25, -0.2) is 0 Å². The molecule has 9 heteroatoms. The highest BCUT2D eigenvalue weighted by Crippen LogP contribution is 2.22. The Hall–Kier alpha value is -1.97. The number of hydrogen-bond donors (Lipinski definition) is 2. The standard InChI is InChI=1S/C18H29N5O3S/c1-3-23(4-2)16(25)13-22-8-5-7-21(9-10-22)12-15(24)20-18-14(17(19)26)6-11-27-18/h6,11H,3-5,7-10,12-13H2,1-2H3,(H2,19,26)(H,20,24). The molecule has 0 aliphatic carbocycles. The molecule has 0 spiro atoms. The van der Waals surface area contributed by atoms with Crippen LogP contribution in [0.3, 0.4) is 0 Å². The molecule has 8 nitrogen and oxygen atoms in total. The molecule has 27 heavy (non-hydrogen) atoms. The summed E-state index contributed by atoms with van der Waals surface area (Å²) in [6.07, 6.45) is 0.907. The Labute approximate surface area is 164 Å². The number of nitrogens with two attached hydrogens (primary N) is 1. The number of carbonyl (C=O) groups is 3. The molecular formula is C18H29N5O3S. The van der Waals surface area contributed by atoms with Crippen LogP contribution in [0, 0.1) is 0 Å². The number of nitrogens with zero attached hydrogens (tertiary/aromatic N) is 3. The third-order valence-electron chi connectivity index (χ3n) is 4.71. The van der Waals surface area contributed by atoms with Crippen molar-refractivity contribution in [2.45, 2.75) is 20.3 Å². The van der Waals surface area contributed by atoms with E-state index in [1.807, 2.05) is 18.7 Å². The minimum atomic E-state index is -0.546. The molecular weight excluding hydrogens is 366 g/mol. The number of likely N-dealkylation sites (N-methyl/N-ethyl adjacent to an activating group) is 1. The van der Waals surface area contributed by atoms with Gasteiger partial charge in [0.1, 0.15) is 5.00 Å². The van der Waals surface area contributed by atoms with Crippen molar-refractivity contribution in [2.24, 2.45) is 5.73 Å². The average molecular weight is 396 g/mol. The van der Waals surface area contributed by atoms with Crippen molar-refractivity contribution in [2.75, 3.05) is 57.7 Å². The van der Waals surface area contributed by atoms with Gasteiger partial charge in [0.2, 0.25) is 11.8 Å². The van der Waals surface area contributed by atoms with Gasteiger partial charge in [0.25, 0.3) is 5.91 Å². The smallest absolute Gasteiger partial charge is 0.251 e. The van der Waals surface area contributed by atoms with E-state index in [1.165, 1.54) is 11.3 Å². The normalized spacial score (nSPS) is 15.9. The molecule has 1 aliphatic rings. The topological polar surface area (TPSA) is 99.0 Å². The molecule has 0 saturated carbocycles. The first kappa shape index (κ1) is 21.3. The van der Waals surface area contributed by atoms with E-state index in [-0.39, 0.29) is 18.4 Å². The monoisotopic (exact) mass is 395 g/mol. The largest absolute Gasteiger partial charge is 0.366 e. The minimum absolute atomic E-state index is 0.155. The zero-order valence-electron chi connectivity index (χ0n) is 16.1. The van der Waals surface area contributed by atoms with E-state index in [0.29, 0.717) is 17.1 Å². The van der Waals surface area contributed by atoms with Crippen LogP contribution < -0.4 is 11.1 Å². The van der Waals surface area contributed by atoms with Crippen LogP contribution in [-0.4, -0.2) is 84.8 Å². The molecule has 0 aromatic carbocycles. The molecule has 2 rings (SSSR count). The Kier molecular flexibility index (Phi) is 8.21. The number of nitrogens with one attached hydrogen (secondary N) is 1. The Morgan fingerprint density at radius 2 is 1.74 bits per heavy atom. The summed E-state index contributed by atoms with van der Waals surface area (Å²) >= 11 is 1.28. The fraction of sp³-hybridized carbons (Fsp3) is 0.611. The summed E-state index contributed by atoms with van der Waals surface area (Å²) in [5, 5.41) is 5.00. The number of rotatable bonds is 8. The van der Waals surface area contributed by atoms with Gasteiger partial charge in [-0.05, 0) is 44.8 Å². The Bertz CT molecular complexity index is 659.